The molecule has 1 heterocycles. The van der Waals surface area contributed by atoms with E-state index in [9.17, 15) is 10.1 Å². The maximum atomic E-state index is 10.5. The van der Waals surface area contributed by atoms with Crippen molar-refractivity contribution in [2.24, 2.45) is 7.05 Å². The van der Waals surface area contributed by atoms with Crippen LogP contribution in [-0.4, -0.2) is 14.5 Å². The largest absolute Gasteiger partial charge is 0.381 e. The van der Waals surface area contributed by atoms with Crippen LogP contribution in [0.25, 0.3) is 0 Å². The minimum absolute atomic E-state index is 0.0644. The first kappa shape index (κ1) is 10.7. The molecule has 0 N–H and O–H groups in total. The third-order valence-electron chi connectivity index (χ3n) is 2.25. The summed E-state index contributed by atoms with van der Waals surface area (Å²) in [7, 11) is 1.79. The van der Waals surface area contributed by atoms with Crippen molar-refractivity contribution in [3.8, 4) is 0 Å². The van der Waals surface area contributed by atoms with Gasteiger partial charge in [-0.1, -0.05) is 20.3 Å². The van der Waals surface area contributed by atoms with E-state index >= 15 is 0 Å². The van der Waals surface area contributed by atoms with Crippen LogP contribution in [0.4, 0.5) is 5.82 Å². The molecule has 1 aromatic heterocycles. The fourth-order valence-corrected chi connectivity index (χ4v) is 1.57. The summed E-state index contributed by atoms with van der Waals surface area (Å²) in [5.74, 6) is 1.00. The number of aromatic nitrogens is 2. The fourth-order valence-electron chi connectivity index (χ4n) is 1.57. The molecule has 0 bridgehead atoms. The first-order chi connectivity index (χ1) is 6.56. The molecule has 0 saturated carbocycles. The lowest BCUT2D eigenvalue weighted by molar-refractivity contribution is -0.389. The highest BCUT2D eigenvalue weighted by molar-refractivity contribution is 5.18. The van der Waals surface area contributed by atoms with Gasteiger partial charge in [-0.2, -0.15) is 0 Å². The number of aryl methyl sites for hydroxylation is 1. The van der Waals surface area contributed by atoms with E-state index in [-0.39, 0.29) is 11.7 Å². The Balaban J connectivity index is 2.92. The van der Waals surface area contributed by atoms with Gasteiger partial charge in [0.15, 0.2) is 0 Å². The van der Waals surface area contributed by atoms with Crippen LogP contribution in [0.5, 0.6) is 0 Å². The van der Waals surface area contributed by atoms with Crippen LogP contribution < -0.4 is 0 Å². The van der Waals surface area contributed by atoms with Gasteiger partial charge in [0.25, 0.3) is 0 Å². The van der Waals surface area contributed by atoms with Gasteiger partial charge in [-0.25, -0.2) is 0 Å². The van der Waals surface area contributed by atoms with Crippen LogP contribution in [0, 0.1) is 10.1 Å². The highest BCUT2D eigenvalue weighted by Gasteiger charge is 2.20. The second-order valence-electron chi connectivity index (χ2n) is 3.52. The Kier molecular flexibility index (Phi) is 3.22. The normalized spacial score (nSPS) is 12.8. The van der Waals surface area contributed by atoms with Crippen molar-refractivity contribution in [2.45, 2.75) is 32.6 Å². The van der Waals surface area contributed by atoms with Gasteiger partial charge in [-0.05, 0) is 16.3 Å². The maximum absolute atomic E-state index is 10.5. The SMILES string of the molecule is CCCC(C)c1nc([N+](=O)[O-])cn1C. The van der Waals surface area contributed by atoms with Crippen LogP contribution in [-0.2, 0) is 7.05 Å². The third-order valence-corrected chi connectivity index (χ3v) is 2.25. The summed E-state index contributed by atoms with van der Waals surface area (Å²) < 4.78 is 1.73. The van der Waals surface area contributed by atoms with Gasteiger partial charge in [-0.15, -0.1) is 0 Å². The highest BCUT2D eigenvalue weighted by atomic mass is 16.6. The zero-order valence-corrected chi connectivity index (χ0v) is 8.73. The first-order valence-corrected chi connectivity index (χ1v) is 4.74. The maximum Gasteiger partial charge on any atom is 0.381 e. The van der Waals surface area contributed by atoms with E-state index in [4.69, 9.17) is 0 Å². The fraction of sp³-hybridized carbons (Fsp3) is 0.667. The topological polar surface area (TPSA) is 61.0 Å². The lowest BCUT2D eigenvalue weighted by atomic mass is 10.1. The molecule has 0 amide bonds. The summed E-state index contributed by atoms with van der Waals surface area (Å²) in [6, 6.07) is 0. The summed E-state index contributed by atoms with van der Waals surface area (Å²) >= 11 is 0. The minimum atomic E-state index is -0.456. The molecule has 1 rings (SSSR count). The van der Waals surface area contributed by atoms with Crippen LogP contribution in [0.2, 0.25) is 0 Å². The summed E-state index contributed by atoms with van der Waals surface area (Å²) in [6.07, 6.45) is 3.52. The summed E-state index contributed by atoms with van der Waals surface area (Å²) in [4.78, 5) is 14.0. The molecule has 0 aliphatic heterocycles. The van der Waals surface area contributed by atoms with Gasteiger partial charge >= 0.3 is 5.82 Å². The summed E-state index contributed by atoms with van der Waals surface area (Å²) in [6.45, 7) is 4.13. The predicted octanol–water partition coefficient (Wildman–Crippen LogP) is 2.23. The van der Waals surface area contributed by atoms with E-state index in [0.717, 1.165) is 18.7 Å². The number of nitrogens with zero attached hydrogens (tertiary/aromatic N) is 3. The molecule has 0 fully saturated rings. The Bertz CT molecular complexity index is 333. The molecule has 0 radical (unpaired) electrons. The quantitative estimate of drug-likeness (QED) is 0.549. The van der Waals surface area contributed by atoms with Crippen molar-refractivity contribution in [1.82, 2.24) is 9.55 Å². The zero-order chi connectivity index (χ0) is 10.7. The van der Waals surface area contributed by atoms with E-state index in [2.05, 4.69) is 11.9 Å². The average Bonchev–Trinajstić information content (AvgIpc) is 2.48. The lowest BCUT2D eigenvalue weighted by Crippen LogP contribution is -2.02. The molecule has 14 heavy (non-hydrogen) atoms. The van der Waals surface area contributed by atoms with Crippen LogP contribution in [0.1, 0.15) is 38.4 Å². The van der Waals surface area contributed by atoms with Crippen LogP contribution >= 0.6 is 0 Å². The summed E-state index contributed by atoms with van der Waals surface area (Å²) in [5, 5.41) is 10.5. The van der Waals surface area contributed by atoms with Crippen LogP contribution in [0.3, 0.4) is 0 Å². The second kappa shape index (κ2) is 4.21. The highest BCUT2D eigenvalue weighted by Crippen LogP contribution is 2.21. The number of rotatable bonds is 4. The Morgan fingerprint density at radius 2 is 2.36 bits per heavy atom. The average molecular weight is 197 g/mol. The molecule has 0 saturated heterocycles. The third kappa shape index (κ3) is 2.10. The number of imidazole rings is 1. The summed E-state index contributed by atoms with van der Waals surface area (Å²) in [5.41, 5.74) is 0. The van der Waals surface area contributed by atoms with E-state index in [1.165, 1.54) is 6.20 Å². The van der Waals surface area contributed by atoms with Gasteiger partial charge < -0.3 is 14.7 Å². The predicted molar refractivity (Wildman–Crippen MR) is 53.2 cm³/mol. The number of nitro groups is 1. The molecule has 0 spiro atoms. The Labute approximate surface area is 82.9 Å². The minimum Gasteiger partial charge on any atom is -0.358 e. The molecule has 78 valence electrons. The van der Waals surface area contributed by atoms with Crippen LogP contribution in [0.15, 0.2) is 6.20 Å². The number of hydrogen-bond acceptors (Lipinski definition) is 3. The molecular formula is C9H15N3O2. The van der Waals surface area contributed by atoms with Gasteiger partial charge in [0.1, 0.15) is 6.20 Å². The van der Waals surface area contributed by atoms with E-state index in [1.54, 1.807) is 11.6 Å². The number of hydrogen-bond donors (Lipinski definition) is 0. The van der Waals surface area contributed by atoms with Crippen molar-refractivity contribution in [2.75, 3.05) is 0 Å². The van der Waals surface area contributed by atoms with Gasteiger partial charge in [0, 0.05) is 13.0 Å². The Hall–Kier alpha value is -1.39. The van der Waals surface area contributed by atoms with E-state index in [0.29, 0.717) is 0 Å². The van der Waals surface area contributed by atoms with E-state index in [1.807, 2.05) is 6.92 Å². The molecule has 1 atom stereocenters. The second-order valence-corrected chi connectivity index (χ2v) is 3.52. The molecule has 5 nitrogen and oxygen atoms in total. The molecule has 0 aliphatic carbocycles. The van der Waals surface area contributed by atoms with Crippen molar-refractivity contribution in [1.29, 1.82) is 0 Å². The molecule has 1 aromatic rings. The lowest BCUT2D eigenvalue weighted by Gasteiger charge is -2.04. The zero-order valence-electron chi connectivity index (χ0n) is 8.73. The van der Waals surface area contributed by atoms with Gasteiger partial charge in [0.2, 0.25) is 5.82 Å². The van der Waals surface area contributed by atoms with Crippen molar-refractivity contribution in [3.63, 3.8) is 0 Å². The Morgan fingerprint density at radius 1 is 1.71 bits per heavy atom. The standard InChI is InChI=1S/C9H15N3O2/c1-4-5-7(2)9-10-8(12(13)14)6-11(9)3/h6-7H,4-5H2,1-3H3. The molecule has 0 aliphatic rings. The molecular weight excluding hydrogens is 182 g/mol. The molecule has 0 aromatic carbocycles. The molecule has 5 heteroatoms. The van der Waals surface area contributed by atoms with Crippen molar-refractivity contribution < 1.29 is 4.92 Å². The molecule has 1 unspecified atom stereocenters. The Morgan fingerprint density at radius 3 is 2.79 bits per heavy atom. The van der Waals surface area contributed by atoms with Gasteiger partial charge in [0.05, 0.1) is 0 Å². The van der Waals surface area contributed by atoms with Crippen molar-refractivity contribution in [3.05, 3.63) is 22.1 Å². The first-order valence-electron chi connectivity index (χ1n) is 4.74. The van der Waals surface area contributed by atoms with E-state index < -0.39 is 4.92 Å². The monoisotopic (exact) mass is 197 g/mol. The smallest absolute Gasteiger partial charge is 0.358 e. The van der Waals surface area contributed by atoms with Gasteiger partial charge in [-0.3, -0.25) is 0 Å². The van der Waals surface area contributed by atoms with Crippen molar-refractivity contribution >= 4 is 5.82 Å².